The highest BCUT2D eigenvalue weighted by molar-refractivity contribution is 7.20. The van der Waals surface area contributed by atoms with Gasteiger partial charge in [-0.1, -0.05) is 29.3 Å². The van der Waals surface area contributed by atoms with E-state index in [0.29, 0.717) is 25.7 Å². The number of amides is 1. The Morgan fingerprint density at radius 2 is 1.86 bits per heavy atom. The lowest BCUT2D eigenvalue weighted by Gasteiger charge is -2.16. The molecule has 0 aliphatic rings. The Balaban J connectivity index is 2.16. The number of nitrogens with one attached hydrogen (secondary N) is 1. The molecule has 0 saturated heterocycles. The summed E-state index contributed by atoms with van der Waals surface area (Å²) in [6, 6.07) is 6.83. The molecular formula is C15H15Cl2NO3S. The van der Waals surface area contributed by atoms with E-state index in [2.05, 4.69) is 5.32 Å². The zero-order chi connectivity index (χ0) is 16.3. The van der Waals surface area contributed by atoms with Gasteiger partial charge in [-0.15, -0.1) is 11.3 Å². The van der Waals surface area contributed by atoms with Crippen LogP contribution in [0.15, 0.2) is 24.3 Å². The molecule has 22 heavy (non-hydrogen) atoms. The van der Waals surface area contributed by atoms with Crippen molar-refractivity contribution in [3.8, 4) is 11.5 Å². The molecule has 0 radical (unpaired) electrons. The Bertz CT molecular complexity index is 687. The minimum atomic E-state index is -0.268. The molecule has 1 aromatic carbocycles. The van der Waals surface area contributed by atoms with E-state index in [4.69, 9.17) is 32.7 Å². The van der Waals surface area contributed by atoms with E-state index in [1.807, 2.05) is 19.1 Å². The minimum Gasteiger partial charge on any atom is -0.493 e. The van der Waals surface area contributed by atoms with Gasteiger partial charge in [-0.3, -0.25) is 4.79 Å². The molecule has 0 aliphatic carbocycles. The first-order valence-electron chi connectivity index (χ1n) is 6.44. The molecule has 2 aromatic rings. The Morgan fingerprint density at radius 1 is 1.18 bits per heavy atom. The first kappa shape index (κ1) is 16.9. The van der Waals surface area contributed by atoms with Crippen molar-refractivity contribution in [2.75, 3.05) is 14.2 Å². The molecule has 0 aliphatic heterocycles. The van der Waals surface area contributed by atoms with Crippen LogP contribution in [0.1, 0.15) is 28.9 Å². The lowest BCUT2D eigenvalue weighted by Crippen LogP contribution is -2.26. The number of thiophene rings is 1. The summed E-state index contributed by atoms with van der Waals surface area (Å²) in [4.78, 5) is 12.2. The molecule has 1 atom stereocenters. The third kappa shape index (κ3) is 3.66. The van der Waals surface area contributed by atoms with E-state index in [9.17, 15) is 4.79 Å². The molecule has 0 fully saturated rings. The summed E-state index contributed by atoms with van der Waals surface area (Å²) in [6.45, 7) is 1.88. The SMILES string of the molecule is COc1ccc(C(C)NC(=O)c2cc(Cl)sc2Cl)cc1OC. The molecule has 7 heteroatoms. The summed E-state index contributed by atoms with van der Waals surface area (Å²) in [5.41, 5.74) is 1.27. The predicted molar refractivity (Wildman–Crippen MR) is 89.8 cm³/mol. The standard InChI is InChI=1S/C15H15Cl2NO3S/c1-8(9-4-5-11(20-2)12(6-9)21-3)18-15(19)10-7-13(16)22-14(10)17/h4-8H,1-3H3,(H,18,19). The topological polar surface area (TPSA) is 47.6 Å². The number of halogens is 2. The zero-order valence-electron chi connectivity index (χ0n) is 12.3. The second kappa shape index (κ2) is 7.22. The number of methoxy groups -OCH3 is 2. The Kier molecular flexibility index (Phi) is 5.56. The largest absolute Gasteiger partial charge is 0.493 e. The fraction of sp³-hybridized carbons (Fsp3) is 0.267. The van der Waals surface area contributed by atoms with Crippen LogP contribution in [0.4, 0.5) is 0 Å². The average Bonchev–Trinajstić information content (AvgIpc) is 2.85. The number of benzene rings is 1. The molecule has 1 heterocycles. The third-order valence-corrected chi connectivity index (χ3v) is 4.64. The van der Waals surface area contributed by atoms with Gasteiger partial charge in [0.1, 0.15) is 4.34 Å². The molecular weight excluding hydrogens is 345 g/mol. The van der Waals surface area contributed by atoms with Crippen molar-refractivity contribution in [3.63, 3.8) is 0 Å². The Hall–Kier alpha value is -1.43. The van der Waals surface area contributed by atoms with Crippen LogP contribution in [0, 0.1) is 0 Å². The fourth-order valence-electron chi connectivity index (χ4n) is 1.97. The summed E-state index contributed by atoms with van der Waals surface area (Å²) in [7, 11) is 3.14. The van der Waals surface area contributed by atoms with Crippen LogP contribution in [0.3, 0.4) is 0 Å². The van der Waals surface area contributed by atoms with Crippen molar-refractivity contribution in [2.24, 2.45) is 0 Å². The van der Waals surface area contributed by atoms with Gasteiger partial charge in [0.2, 0.25) is 0 Å². The second-order valence-corrected chi connectivity index (χ2v) is 6.83. The molecule has 1 unspecified atom stereocenters. The second-order valence-electron chi connectivity index (χ2n) is 4.55. The van der Waals surface area contributed by atoms with Gasteiger partial charge in [-0.2, -0.15) is 0 Å². The summed E-state index contributed by atoms with van der Waals surface area (Å²) < 4.78 is 11.3. The van der Waals surface area contributed by atoms with E-state index in [-0.39, 0.29) is 11.9 Å². The van der Waals surface area contributed by atoms with E-state index in [1.54, 1.807) is 26.4 Å². The van der Waals surface area contributed by atoms with Gasteiger partial charge in [0.25, 0.3) is 5.91 Å². The van der Waals surface area contributed by atoms with Crippen LogP contribution in [-0.4, -0.2) is 20.1 Å². The van der Waals surface area contributed by atoms with Crippen molar-refractivity contribution < 1.29 is 14.3 Å². The lowest BCUT2D eigenvalue weighted by atomic mass is 10.1. The molecule has 118 valence electrons. The van der Waals surface area contributed by atoms with Crippen LogP contribution < -0.4 is 14.8 Å². The minimum absolute atomic E-state index is 0.220. The van der Waals surface area contributed by atoms with E-state index in [0.717, 1.165) is 16.9 Å². The lowest BCUT2D eigenvalue weighted by molar-refractivity contribution is 0.0940. The average molecular weight is 360 g/mol. The quantitative estimate of drug-likeness (QED) is 0.850. The van der Waals surface area contributed by atoms with Gasteiger partial charge in [-0.05, 0) is 30.7 Å². The van der Waals surface area contributed by atoms with Crippen LogP contribution in [-0.2, 0) is 0 Å². The van der Waals surface area contributed by atoms with Gasteiger partial charge in [-0.25, -0.2) is 0 Å². The van der Waals surface area contributed by atoms with Crippen molar-refractivity contribution >= 4 is 40.4 Å². The fourth-order valence-corrected chi connectivity index (χ4v) is 3.43. The number of hydrogen-bond acceptors (Lipinski definition) is 4. The van der Waals surface area contributed by atoms with Crippen molar-refractivity contribution in [1.29, 1.82) is 0 Å². The maximum Gasteiger partial charge on any atom is 0.254 e. The maximum atomic E-state index is 12.2. The normalized spacial score (nSPS) is 11.9. The van der Waals surface area contributed by atoms with Gasteiger partial charge < -0.3 is 14.8 Å². The highest BCUT2D eigenvalue weighted by atomic mass is 35.5. The predicted octanol–water partition coefficient (Wildman–Crippen LogP) is 4.56. The number of carbonyl (C=O) groups excluding carboxylic acids is 1. The Labute approximate surface area is 142 Å². The molecule has 2 rings (SSSR count). The van der Waals surface area contributed by atoms with Crippen LogP contribution in [0.25, 0.3) is 0 Å². The monoisotopic (exact) mass is 359 g/mol. The van der Waals surface area contributed by atoms with E-state index < -0.39 is 0 Å². The van der Waals surface area contributed by atoms with Crippen molar-refractivity contribution in [2.45, 2.75) is 13.0 Å². The van der Waals surface area contributed by atoms with Crippen LogP contribution in [0.2, 0.25) is 8.67 Å². The summed E-state index contributed by atoms with van der Waals surface area (Å²) in [6.07, 6.45) is 0. The number of carbonyl (C=O) groups is 1. The van der Waals surface area contributed by atoms with Gasteiger partial charge >= 0.3 is 0 Å². The van der Waals surface area contributed by atoms with Gasteiger partial charge in [0.15, 0.2) is 11.5 Å². The molecule has 4 nitrogen and oxygen atoms in total. The van der Waals surface area contributed by atoms with Crippen LogP contribution in [0.5, 0.6) is 11.5 Å². The molecule has 0 spiro atoms. The van der Waals surface area contributed by atoms with Gasteiger partial charge in [0.05, 0.1) is 30.2 Å². The molecule has 0 bridgehead atoms. The summed E-state index contributed by atoms with van der Waals surface area (Å²) in [5, 5.41) is 2.88. The van der Waals surface area contributed by atoms with E-state index in [1.165, 1.54) is 0 Å². The summed E-state index contributed by atoms with van der Waals surface area (Å²) in [5.74, 6) is 0.977. The smallest absolute Gasteiger partial charge is 0.254 e. The Morgan fingerprint density at radius 3 is 2.41 bits per heavy atom. The number of hydrogen-bond donors (Lipinski definition) is 1. The van der Waals surface area contributed by atoms with Crippen molar-refractivity contribution in [1.82, 2.24) is 5.32 Å². The van der Waals surface area contributed by atoms with Gasteiger partial charge in [0, 0.05) is 0 Å². The van der Waals surface area contributed by atoms with Crippen molar-refractivity contribution in [3.05, 3.63) is 44.1 Å². The van der Waals surface area contributed by atoms with E-state index >= 15 is 0 Å². The number of ether oxygens (including phenoxy) is 2. The third-order valence-electron chi connectivity index (χ3n) is 3.16. The molecule has 1 N–H and O–H groups in total. The molecule has 1 amide bonds. The number of rotatable bonds is 5. The summed E-state index contributed by atoms with van der Waals surface area (Å²) >= 11 is 13.0. The highest BCUT2D eigenvalue weighted by Gasteiger charge is 2.18. The molecule has 0 saturated carbocycles. The first-order valence-corrected chi connectivity index (χ1v) is 8.01. The van der Waals surface area contributed by atoms with Crippen LogP contribution >= 0.6 is 34.5 Å². The zero-order valence-corrected chi connectivity index (χ0v) is 14.6. The highest BCUT2D eigenvalue weighted by Crippen LogP contribution is 2.32. The first-order chi connectivity index (χ1) is 10.5. The maximum absolute atomic E-state index is 12.2. The molecule has 1 aromatic heterocycles.